The summed E-state index contributed by atoms with van der Waals surface area (Å²) in [7, 11) is 2.75. The van der Waals surface area contributed by atoms with Crippen LogP contribution in [0.5, 0.6) is 0 Å². The highest BCUT2D eigenvalue weighted by atomic mass is 35.5. The minimum atomic E-state index is -0.563. The molecule has 0 radical (unpaired) electrons. The molecule has 4 rings (SSSR count). The van der Waals surface area contributed by atoms with Crippen molar-refractivity contribution in [3.8, 4) is 0 Å². The summed E-state index contributed by atoms with van der Waals surface area (Å²) in [5.74, 6) is -0.622. The van der Waals surface area contributed by atoms with Gasteiger partial charge in [0.05, 0.1) is 30.9 Å². The molecule has 2 aromatic carbocycles. The number of ether oxygens (including phenoxy) is 2. The van der Waals surface area contributed by atoms with Gasteiger partial charge < -0.3 is 15.2 Å². The first-order chi connectivity index (χ1) is 19.0. The van der Waals surface area contributed by atoms with Gasteiger partial charge in [-0.1, -0.05) is 60.7 Å². The van der Waals surface area contributed by atoms with Crippen LogP contribution in [-0.2, 0) is 38.4 Å². The van der Waals surface area contributed by atoms with Crippen molar-refractivity contribution in [2.75, 3.05) is 14.2 Å². The highest BCUT2D eigenvalue weighted by Gasteiger charge is 2.19. The third-order valence-electron chi connectivity index (χ3n) is 5.16. The zero-order valence-corrected chi connectivity index (χ0v) is 24.6. The molecule has 0 aliphatic heterocycles. The van der Waals surface area contributed by atoms with Gasteiger partial charge in [0.2, 0.25) is 0 Å². The largest absolute Gasteiger partial charge is 0.468 e. The second-order valence-electron chi connectivity index (χ2n) is 7.98. The standard InChI is InChI=1S/C14H16N2O2S.C10H13NO2.C4H3NOS.ClH/c1-18-14(17)13(7-11-5-3-2-4-6-11)15-8-12-9-19-10-16-12;1-13-10(12)9(11)7-8-5-3-2-4-6-8;6-1-4-2-7-3-5-4;/h2-6,9-10,13,15H,7-8H2,1H3;2-6,9H,7,11H2,1H3;1-3H;1H/t13-;9-;;/m00../s1. The molecule has 0 saturated heterocycles. The molecule has 9 nitrogen and oxygen atoms in total. The normalized spacial score (nSPS) is 11.2. The Hall–Kier alpha value is -3.48. The number of hydrogen-bond acceptors (Lipinski definition) is 11. The first-order valence-electron chi connectivity index (χ1n) is 11.9. The predicted molar refractivity (Wildman–Crippen MR) is 160 cm³/mol. The lowest BCUT2D eigenvalue weighted by Crippen LogP contribution is -2.39. The van der Waals surface area contributed by atoms with Crippen molar-refractivity contribution in [2.45, 2.75) is 31.5 Å². The number of aromatic nitrogens is 2. The van der Waals surface area contributed by atoms with Gasteiger partial charge in [0.25, 0.3) is 0 Å². The molecule has 12 heteroatoms. The molecule has 0 fully saturated rings. The third kappa shape index (κ3) is 13.5. The van der Waals surface area contributed by atoms with E-state index in [1.807, 2.05) is 66.0 Å². The second kappa shape index (κ2) is 20.4. The SMILES string of the molecule is COC(=O)[C@@H](N)Cc1ccccc1.COC(=O)[C@H](Cc1ccccc1)NCc1cscn1.Cl.O=Cc1cscn1. The summed E-state index contributed by atoms with van der Waals surface area (Å²) in [6.45, 7) is 0.566. The summed E-state index contributed by atoms with van der Waals surface area (Å²) in [5.41, 5.74) is 12.6. The number of hydrogen-bond donors (Lipinski definition) is 2. The van der Waals surface area contributed by atoms with Crippen molar-refractivity contribution in [1.82, 2.24) is 15.3 Å². The highest BCUT2D eigenvalue weighted by molar-refractivity contribution is 7.07. The number of esters is 2. The lowest BCUT2D eigenvalue weighted by Gasteiger charge is -2.15. The van der Waals surface area contributed by atoms with E-state index in [0.717, 1.165) is 23.1 Å². The molecule has 0 saturated carbocycles. The van der Waals surface area contributed by atoms with Crippen LogP contribution in [0.2, 0.25) is 0 Å². The molecule has 0 amide bonds. The number of rotatable bonds is 10. The van der Waals surface area contributed by atoms with E-state index in [0.29, 0.717) is 25.1 Å². The highest BCUT2D eigenvalue weighted by Crippen LogP contribution is 2.07. The zero-order valence-electron chi connectivity index (χ0n) is 22.2. The summed E-state index contributed by atoms with van der Waals surface area (Å²) < 4.78 is 9.36. The Bertz CT molecular complexity index is 1210. The lowest BCUT2D eigenvalue weighted by molar-refractivity contribution is -0.143. The number of methoxy groups -OCH3 is 2. The molecule has 0 unspecified atom stereocenters. The van der Waals surface area contributed by atoms with Crippen molar-refractivity contribution in [2.24, 2.45) is 5.73 Å². The molecule has 40 heavy (non-hydrogen) atoms. The Morgan fingerprint density at radius 2 is 1.43 bits per heavy atom. The van der Waals surface area contributed by atoms with Gasteiger partial charge in [0.1, 0.15) is 17.8 Å². The van der Waals surface area contributed by atoms with Crippen molar-refractivity contribution >= 4 is 53.3 Å². The van der Waals surface area contributed by atoms with Crippen LogP contribution < -0.4 is 11.1 Å². The number of carbonyl (C=O) groups is 3. The summed E-state index contributed by atoms with van der Waals surface area (Å²) in [6, 6.07) is 18.6. The molecular formula is C28H33ClN4O5S2. The van der Waals surface area contributed by atoms with E-state index in [1.165, 1.54) is 25.6 Å². The van der Waals surface area contributed by atoms with E-state index in [-0.39, 0.29) is 30.4 Å². The van der Waals surface area contributed by atoms with Gasteiger partial charge in [-0.25, -0.2) is 9.97 Å². The van der Waals surface area contributed by atoms with E-state index < -0.39 is 6.04 Å². The first-order valence-corrected chi connectivity index (χ1v) is 13.8. The molecule has 0 bridgehead atoms. The zero-order chi connectivity index (χ0) is 28.3. The minimum Gasteiger partial charge on any atom is -0.468 e. The minimum absolute atomic E-state index is 0. The van der Waals surface area contributed by atoms with Gasteiger partial charge in [0.15, 0.2) is 6.29 Å². The molecule has 2 heterocycles. The Balaban J connectivity index is 0.000000329. The van der Waals surface area contributed by atoms with E-state index in [2.05, 4.69) is 20.0 Å². The van der Waals surface area contributed by atoms with E-state index in [9.17, 15) is 14.4 Å². The first kappa shape index (κ1) is 34.5. The summed E-state index contributed by atoms with van der Waals surface area (Å²) in [6.07, 6.45) is 1.86. The van der Waals surface area contributed by atoms with Crippen LogP contribution in [-0.4, -0.2) is 54.5 Å². The third-order valence-corrected chi connectivity index (χ3v) is 6.40. The van der Waals surface area contributed by atoms with Gasteiger partial charge in [-0.15, -0.1) is 35.1 Å². The Labute approximate surface area is 248 Å². The number of carbonyl (C=O) groups excluding carboxylic acids is 3. The van der Waals surface area contributed by atoms with Gasteiger partial charge >= 0.3 is 11.9 Å². The van der Waals surface area contributed by atoms with E-state index >= 15 is 0 Å². The molecule has 0 aliphatic carbocycles. The molecule has 2 atom stereocenters. The fraction of sp³-hybridized carbons (Fsp3) is 0.250. The average Bonchev–Trinajstić information content (AvgIpc) is 3.71. The Kier molecular flexibility index (Phi) is 17.6. The van der Waals surface area contributed by atoms with Crippen molar-refractivity contribution < 1.29 is 23.9 Å². The van der Waals surface area contributed by atoms with Crippen LogP contribution in [0.4, 0.5) is 0 Å². The monoisotopic (exact) mass is 604 g/mol. The smallest absolute Gasteiger partial charge is 0.323 e. The molecular weight excluding hydrogens is 572 g/mol. The maximum atomic E-state index is 11.8. The molecule has 4 aromatic rings. The van der Waals surface area contributed by atoms with Crippen LogP contribution in [0.3, 0.4) is 0 Å². The average molecular weight is 605 g/mol. The summed E-state index contributed by atoms with van der Waals surface area (Å²) in [5, 5.41) is 6.85. The number of aldehydes is 1. The topological polar surface area (TPSA) is 134 Å². The quantitative estimate of drug-likeness (QED) is 0.202. The second-order valence-corrected chi connectivity index (χ2v) is 9.41. The lowest BCUT2D eigenvalue weighted by atomic mass is 10.1. The van der Waals surface area contributed by atoms with Crippen molar-refractivity contribution in [3.63, 3.8) is 0 Å². The molecule has 2 aromatic heterocycles. The van der Waals surface area contributed by atoms with Gasteiger partial charge in [-0.05, 0) is 24.0 Å². The fourth-order valence-corrected chi connectivity index (χ4v) is 4.22. The van der Waals surface area contributed by atoms with Crippen LogP contribution in [0.15, 0.2) is 82.4 Å². The maximum absolute atomic E-state index is 11.8. The van der Waals surface area contributed by atoms with E-state index in [4.69, 9.17) is 10.5 Å². The number of benzene rings is 2. The van der Waals surface area contributed by atoms with Crippen LogP contribution in [0.1, 0.15) is 27.3 Å². The van der Waals surface area contributed by atoms with Gasteiger partial charge in [-0.3, -0.25) is 19.7 Å². The van der Waals surface area contributed by atoms with Crippen molar-refractivity contribution in [1.29, 1.82) is 0 Å². The molecule has 3 N–H and O–H groups in total. The summed E-state index contributed by atoms with van der Waals surface area (Å²) in [4.78, 5) is 40.4. The number of halogens is 1. The van der Waals surface area contributed by atoms with Crippen molar-refractivity contribution in [3.05, 3.63) is 105 Å². The maximum Gasteiger partial charge on any atom is 0.323 e. The number of nitrogens with two attached hydrogens (primary N) is 1. The summed E-state index contributed by atoms with van der Waals surface area (Å²) >= 11 is 2.96. The number of nitrogens with one attached hydrogen (secondary N) is 1. The van der Waals surface area contributed by atoms with Crippen LogP contribution >= 0.6 is 35.1 Å². The van der Waals surface area contributed by atoms with Crippen LogP contribution in [0, 0.1) is 0 Å². The van der Waals surface area contributed by atoms with E-state index in [1.54, 1.807) is 27.7 Å². The molecule has 0 aliphatic rings. The number of thiazole rings is 2. The van der Waals surface area contributed by atoms with Gasteiger partial charge in [0, 0.05) is 17.3 Å². The van der Waals surface area contributed by atoms with Crippen LogP contribution in [0.25, 0.3) is 0 Å². The molecule has 0 spiro atoms. The fourth-order valence-electron chi connectivity index (χ4n) is 3.17. The molecule has 214 valence electrons. The Morgan fingerprint density at radius 3 is 1.88 bits per heavy atom. The Morgan fingerprint density at radius 1 is 0.875 bits per heavy atom. The predicted octanol–water partition coefficient (Wildman–Crippen LogP) is 4.12. The number of nitrogens with zero attached hydrogens (tertiary/aromatic N) is 2. The van der Waals surface area contributed by atoms with Gasteiger partial charge in [-0.2, -0.15) is 0 Å².